The maximum atomic E-state index is 13.0. The number of aryl methyl sites for hydroxylation is 1. The molecule has 0 atom stereocenters. The molecule has 0 bridgehead atoms. The van der Waals surface area contributed by atoms with Gasteiger partial charge in [-0.25, -0.2) is 9.97 Å². The van der Waals surface area contributed by atoms with Crippen LogP contribution < -0.4 is 10.1 Å². The van der Waals surface area contributed by atoms with E-state index in [1.165, 1.54) is 0 Å². The Labute approximate surface area is 170 Å². The minimum atomic E-state index is -0.0543. The number of aromatic nitrogens is 2. The fourth-order valence-corrected chi connectivity index (χ4v) is 3.48. The summed E-state index contributed by atoms with van der Waals surface area (Å²) in [4.78, 5) is 24.1. The van der Waals surface area contributed by atoms with Gasteiger partial charge in [0.1, 0.15) is 17.3 Å². The molecule has 1 aliphatic heterocycles. The van der Waals surface area contributed by atoms with Gasteiger partial charge >= 0.3 is 0 Å². The number of benzene rings is 2. The van der Waals surface area contributed by atoms with Crippen LogP contribution in [0.4, 0.5) is 11.5 Å². The average Bonchev–Trinajstić information content (AvgIpc) is 3.29. The van der Waals surface area contributed by atoms with Crippen LogP contribution in [0.1, 0.15) is 28.9 Å². The first-order valence-electron chi connectivity index (χ1n) is 9.79. The maximum absolute atomic E-state index is 13.0. The summed E-state index contributed by atoms with van der Waals surface area (Å²) < 4.78 is 5.47. The van der Waals surface area contributed by atoms with Gasteiger partial charge < -0.3 is 15.0 Å². The monoisotopic (exact) mass is 388 g/mol. The zero-order valence-electron chi connectivity index (χ0n) is 16.7. The molecule has 0 radical (unpaired) electrons. The maximum Gasteiger partial charge on any atom is 0.272 e. The second-order valence-electron chi connectivity index (χ2n) is 7.16. The van der Waals surface area contributed by atoms with E-state index in [-0.39, 0.29) is 5.91 Å². The number of amides is 1. The number of nitrogens with zero attached hydrogens (tertiary/aromatic N) is 3. The van der Waals surface area contributed by atoms with Crippen LogP contribution in [0.25, 0.3) is 11.4 Å². The van der Waals surface area contributed by atoms with Crippen molar-refractivity contribution in [3.05, 3.63) is 65.9 Å². The second-order valence-corrected chi connectivity index (χ2v) is 7.16. The molecule has 1 fully saturated rings. The molecule has 29 heavy (non-hydrogen) atoms. The smallest absolute Gasteiger partial charge is 0.272 e. The summed E-state index contributed by atoms with van der Waals surface area (Å²) in [6.07, 6.45) is 2.07. The van der Waals surface area contributed by atoms with Crippen molar-refractivity contribution in [1.82, 2.24) is 14.9 Å². The molecule has 0 saturated carbocycles. The zero-order valence-corrected chi connectivity index (χ0v) is 16.7. The van der Waals surface area contributed by atoms with Gasteiger partial charge in [-0.3, -0.25) is 4.79 Å². The SMILES string of the molecule is COc1ccc(C)cc1Nc1cc(C(=O)N2CCCC2)nc(-c2ccccc2)n1. The topological polar surface area (TPSA) is 67.3 Å². The third kappa shape index (κ3) is 4.21. The number of hydrogen-bond acceptors (Lipinski definition) is 5. The first-order valence-corrected chi connectivity index (χ1v) is 9.79. The van der Waals surface area contributed by atoms with Gasteiger partial charge in [0.2, 0.25) is 0 Å². The molecule has 6 nitrogen and oxygen atoms in total. The number of likely N-dealkylation sites (tertiary alicyclic amines) is 1. The molecule has 1 saturated heterocycles. The molecular weight excluding hydrogens is 364 g/mol. The molecule has 1 aromatic heterocycles. The molecule has 4 rings (SSSR count). The second kappa shape index (κ2) is 8.31. The summed E-state index contributed by atoms with van der Waals surface area (Å²) in [5.41, 5.74) is 3.15. The van der Waals surface area contributed by atoms with Gasteiger partial charge in [-0.15, -0.1) is 0 Å². The summed E-state index contributed by atoms with van der Waals surface area (Å²) in [7, 11) is 1.63. The lowest BCUT2D eigenvalue weighted by Crippen LogP contribution is -2.28. The van der Waals surface area contributed by atoms with Crippen molar-refractivity contribution in [2.24, 2.45) is 0 Å². The van der Waals surface area contributed by atoms with Crippen molar-refractivity contribution < 1.29 is 9.53 Å². The van der Waals surface area contributed by atoms with Gasteiger partial charge in [0.25, 0.3) is 5.91 Å². The highest BCUT2D eigenvalue weighted by atomic mass is 16.5. The predicted molar refractivity (Wildman–Crippen MR) is 114 cm³/mol. The minimum Gasteiger partial charge on any atom is -0.495 e. The fourth-order valence-electron chi connectivity index (χ4n) is 3.48. The van der Waals surface area contributed by atoms with Gasteiger partial charge in [-0.05, 0) is 37.5 Å². The van der Waals surface area contributed by atoms with E-state index < -0.39 is 0 Å². The normalized spacial score (nSPS) is 13.4. The van der Waals surface area contributed by atoms with E-state index in [1.54, 1.807) is 13.2 Å². The molecule has 0 unspecified atom stereocenters. The molecule has 2 aromatic carbocycles. The number of nitrogens with one attached hydrogen (secondary N) is 1. The lowest BCUT2D eigenvalue weighted by Gasteiger charge is -2.17. The van der Waals surface area contributed by atoms with Crippen LogP contribution in [0.15, 0.2) is 54.6 Å². The summed E-state index contributed by atoms with van der Waals surface area (Å²) in [5, 5.41) is 3.31. The third-order valence-electron chi connectivity index (χ3n) is 4.99. The molecule has 2 heterocycles. The molecule has 1 N–H and O–H groups in total. The Morgan fingerprint density at radius 2 is 1.79 bits per heavy atom. The van der Waals surface area contributed by atoms with E-state index in [0.29, 0.717) is 23.1 Å². The molecule has 1 aliphatic rings. The van der Waals surface area contributed by atoms with Crippen LogP contribution >= 0.6 is 0 Å². The lowest BCUT2D eigenvalue weighted by molar-refractivity contribution is 0.0787. The molecule has 3 aromatic rings. The van der Waals surface area contributed by atoms with Crippen molar-refractivity contribution in [3.8, 4) is 17.1 Å². The van der Waals surface area contributed by atoms with Crippen molar-refractivity contribution >= 4 is 17.4 Å². The van der Waals surface area contributed by atoms with Gasteiger partial charge in [0.05, 0.1) is 12.8 Å². The lowest BCUT2D eigenvalue weighted by atomic mass is 10.2. The Kier molecular flexibility index (Phi) is 5.42. The first kappa shape index (κ1) is 18.9. The van der Waals surface area contributed by atoms with E-state index in [9.17, 15) is 4.79 Å². The number of rotatable bonds is 5. The number of carbonyl (C=O) groups is 1. The predicted octanol–water partition coefficient (Wildman–Crippen LogP) is 4.44. The summed E-state index contributed by atoms with van der Waals surface area (Å²) in [6.45, 7) is 3.57. The van der Waals surface area contributed by atoms with Gasteiger partial charge in [0.15, 0.2) is 5.82 Å². The Balaban J connectivity index is 1.75. The summed E-state index contributed by atoms with van der Waals surface area (Å²) >= 11 is 0. The number of hydrogen-bond donors (Lipinski definition) is 1. The molecule has 148 valence electrons. The van der Waals surface area contributed by atoms with E-state index in [0.717, 1.165) is 42.7 Å². The number of methoxy groups -OCH3 is 1. The van der Waals surface area contributed by atoms with E-state index in [4.69, 9.17) is 4.74 Å². The van der Waals surface area contributed by atoms with E-state index in [2.05, 4.69) is 15.3 Å². The van der Waals surface area contributed by atoms with Crippen molar-refractivity contribution in [2.45, 2.75) is 19.8 Å². The molecule has 6 heteroatoms. The van der Waals surface area contributed by atoms with Crippen molar-refractivity contribution in [1.29, 1.82) is 0 Å². The molecule has 0 aliphatic carbocycles. The molecule has 1 amide bonds. The summed E-state index contributed by atoms with van der Waals surface area (Å²) in [6, 6.07) is 17.3. The Hall–Kier alpha value is -3.41. The highest BCUT2D eigenvalue weighted by molar-refractivity contribution is 5.94. The Bertz CT molecular complexity index is 1010. The number of anilines is 2. The van der Waals surface area contributed by atoms with Gasteiger partial charge in [-0.1, -0.05) is 36.4 Å². The van der Waals surface area contributed by atoms with Crippen LogP contribution in [0.2, 0.25) is 0 Å². The Morgan fingerprint density at radius 3 is 2.52 bits per heavy atom. The number of carbonyl (C=O) groups excluding carboxylic acids is 1. The van der Waals surface area contributed by atoms with Crippen molar-refractivity contribution in [3.63, 3.8) is 0 Å². The highest BCUT2D eigenvalue weighted by Gasteiger charge is 2.22. The van der Waals surface area contributed by atoms with Crippen LogP contribution in [0, 0.1) is 6.92 Å². The van der Waals surface area contributed by atoms with Crippen LogP contribution in [0.5, 0.6) is 5.75 Å². The standard InChI is InChI=1S/C23H24N4O2/c1-16-10-11-20(29-2)18(14-16)24-21-15-19(23(28)27-12-6-7-13-27)25-22(26-21)17-8-4-3-5-9-17/h3-5,8-11,14-15H,6-7,12-13H2,1-2H3,(H,24,25,26). The molecular formula is C23H24N4O2. The fraction of sp³-hybridized carbons (Fsp3) is 0.261. The van der Waals surface area contributed by atoms with Gasteiger partial charge in [0, 0.05) is 24.7 Å². The minimum absolute atomic E-state index is 0.0543. The zero-order chi connectivity index (χ0) is 20.2. The molecule has 0 spiro atoms. The van der Waals surface area contributed by atoms with Crippen LogP contribution in [-0.4, -0.2) is 41.0 Å². The van der Waals surface area contributed by atoms with E-state index in [1.807, 2.05) is 60.4 Å². The van der Waals surface area contributed by atoms with Crippen molar-refractivity contribution in [2.75, 3.05) is 25.5 Å². The largest absolute Gasteiger partial charge is 0.495 e. The summed E-state index contributed by atoms with van der Waals surface area (Å²) in [5.74, 6) is 1.74. The highest BCUT2D eigenvalue weighted by Crippen LogP contribution is 2.29. The third-order valence-corrected chi connectivity index (χ3v) is 4.99. The number of ether oxygens (including phenoxy) is 1. The average molecular weight is 388 g/mol. The van der Waals surface area contributed by atoms with Crippen LogP contribution in [-0.2, 0) is 0 Å². The van der Waals surface area contributed by atoms with E-state index >= 15 is 0 Å². The quantitative estimate of drug-likeness (QED) is 0.700. The van der Waals surface area contributed by atoms with Gasteiger partial charge in [-0.2, -0.15) is 0 Å². The Morgan fingerprint density at radius 1 is 1.03 bits per heavy atom. The van der Waals surface area contributed by atoms with Crippen LogP contribution in [0.3, 0.4) is 0 Å². The first-order chi connectivity index (χ1) is 14.1.